The number of rotatable bonds is 8. The molecule has 0 bridgehead atoms. The molecule has 0 atom stereocenters. The van der Waals surface area contributed by atoms with E-state index in [4.69, 9.17) is 0 Å². The third-order valence-corrected chi connectivity index (χ3v) is 6.83. The molecule has 0 nitrogen and oxygen atoms in total. The summed E-state index contributed by atoms with van der Waals surface area (Å²) in [5.41, 5.74) is 6.07. The fourth-order valence-corrected chi connectivity index (χ4v) is 5.20. The van der Waals surface area contributed by atoms with Crippen LogP contribution in [0.3, 0.4) is 0 Å². The molecule has 0 aromatic heterocycles. The largest absolute Gasteiger partial charge is 0.0683 e. The summed E-state index contributed by atoms with van der Waals surface area (Å²) in [5, 5.41) is 0. The highest BCUT2D eigenvalue weighted by Crippen LogP contribution is 2.54. The van der Waals surface area contributed by atoms with Crippen molar-refractivity contribution in [3.05, 3.63) is 56.5 Å². The van der Waals surface area contributed by atoms with E-state index in [0.29, 0.717) is 0 Å². The Bertz CT molecular complexity index is 682. The molecule has 0 amide bonds. The van der Waals surface area contributed by atoms with E-state index in [0.717, 1.165) is 6.42 Å². The number of unbranched alkanes of at least 4 members (excludes halogenated alkanes) is 5. The second kappa shape index (κ2) is 17.0. The average Bonchev–Trinajstić information content (AvgIpc) is 3.08. The van der Waals surface area contributed by atoms with Gasteiger partial charge in [-0.3, -0.25) is 0 Å². The van der Waals surface area contributed by atoms with Gasteiger partial charge in [0.2, 0.25) is 0 Å². The molecule has 1 aliphatic carbocycles. The predicted molar refractivity (Wildman–Crippen MR) is 150 cm³/mol. The van der Waals surface area contributed by atoms with Gasteiger partial charge in [-0.15, -0.1) is 0 Å². The summed E-state index contributed by atoms with van der Waals surface area (Å²) in [4.78, 5) is 0. The summed E-state index contributed by atoms with van der Waals surface area (Å²) in [5.74, 6) is 0. The van der Waals surface area contributed by atoms with Gasteiger partial charge < -0.3 is 0 Å². The molecule has 0 saturated heterocycles. The van der Waals surface area contributed by atoms with Crippen molar-refractivity contribution in [3.8, 4) is 11.1 Å². The lowest BCUT2D eigenvalue weighted by Crippen LogP contribution is -2.24. The Morgan fingerprint density at radius 2 is 1.03 bits per heavy atom. The Hall–Kier alpha value is -0.600. The van der Waals surface area contributed by atoms with Crippen molar-refractivity contribution in [2.45, 2.75) is 112 Å². The molecule has 0 N–H and O–H groups in total. The maximum Gasteiger partial charge on any atom is 0.0213 e. The third kappa shape index (κ3) is 7.74. The molecule has 0 heterocycles. The van der Waals surface area contributed by atoms with Gasteiger partial charge in [0.05, 0.1) is 0 Å². The highest BCUT2D eigenvalue weighted by Gasteiger charge is 2.41. The molecule has 0 unspecified atom stereocenters. The number of halogens is 2. The SMILES string of the molecule is CC.CC.CC.CCCCCCCCC1(CC)c2cc(Br)ccc2-c2ccc(Br)cc21. The lowest BCUT2D eigenvalue weighted by molar-refractivity contribution is 0.434. The molecule has 2 aromatic carbocycles. The molecular formula is C29H46Br2. The van der Waals surface area contributed by atoms with Gasteiger partial charge in [-0.25, -0.2) is 0 Å². The smallest absolute Gasteiger partial charge is 0.0213 e. The second-order valence-electron chi connectivity index (χ2n) is 7.33. The standard InChI is InChI=1S/C23H28Br2.3C2H6/c1-3-5-6-7-8-9-14-23(4-2)21-15-17(24)10-12-19(21)20-13-11-18(25)16-22(20)23;3*1-2/h10-13,15-16H,3-9,14H2,1-2H3;3*1-2H3. The quantitative estimate of drug-likeness (QED) is 0.285. The molecule has 0 spiro atoms. The molecule has 0 saturated carbocycles. The van der Waals surface area contributed by atoms with Crippen molar-refractivity contribution < 1.29 is 0 Å². The molecule has 3 rings (SSSR count). The zero-order valence-corrected chi connectivity index (χ0v) is 24.5. The Morgan fingerprint density at radius 1 is 0.613 bits per heavy atom. The second-order valence-corrected chi connectivity index (χ2v) is 9.16. The minimum absolute atomic E-state index is 0.170. The van der Waals surface area contributed by atoms with Crippen LogP contribution in [0.2, 0.25) is 0 Å². The fourth-order valence-electron chi connectivity index (χ4n) is 4.47. The predicted octanol–water partition coefficient (Wildman–Crippen LogP) is 11.7. The van der Waals surface area contributed by atoms with E-state index in [1.54, 1.807) is 0 Å². The third-order valence-electron chi connectivity index (χ3n) is 5.85. The van der Waals surface area contributed by atoms with Crippen LogP contribution in [0, 0.1) is 0 Å². The van der Waals surface area contributed by atoms with Gasteiger partial charge in [-0.1, -0.05) is 138 Å². The van der Waals surface area contributed by atoms with Crippen LogP contribution in [0.4, 0.5) is 0 Å². The first-order valence-electron chi connectivity index (χ1n) is 12.7. The maximum atomic E-state index is 3.71. The highest BCUT2D eigenvalue weighted by molar-refractivity contribution is 9.10. The molecule has 2 heteroatoms. The number of hydrogen-bond donors (Lipinski definition) is 0. The Balaban J connectivity index is 0.00000138. The normalized spacial score (nSPS) is 12.2. The minimum atomic E-state index is 0.170. The van der Waals surface area contributed by atoms with Crippen LogP contribution in [0.15, 0.2) is 45.3 Å². The van der Waals surface area contributed by atoms with E-state index >= 15 is 0 Å². The summed E-state index contributed by atoms with van der Waals surface area (Å²) in [7, 11) is 0. The summed E-state index contributed by atoms with van der Waals surface area (Å²) in [6, 6.07) is 13.7. The van der Waals surface area contributed by atoms with Crippen molar-refractivity contribution in [2.24, 2.45) is 0 Å². The van der Waals surface area contributed by atoms with Crippen molar-refractivity contribution in [1.29, 1.82) is 0 Å². The topological polar surface area (TPSA) is 0 Å². The Kier molecular flexibility index (Phi) is 16.6. The molecule has 31 heavy (non-hydrogen) atoms. The van der Waals surface area contributed by atoms with Crippen LogP contribution in [-0.2, 0) is 5.41 Å². The van der Waals surface area contributed by atoms with Crippen molar-refractivity contribution in [1.82, 2.24) is 0 Å². The Labute approximate surface area is 210 Å². The van der Waals surface area contributed by atoms with Gasteiger partial charge in [-0.05, 0) is 59.4 Å². The zero-order chi connectivity index (χ0) is 23.9. The van der Waals surface area contributed by atoms with E-state index in [9.17, 15) is 0 Å². The zero-order valence-electron chi connectivity index (χ0n) is 21.4. The minimum Gasteiger partial charge on any atom is -0.0683 e. The highest BCUT2D eigenvalue weighted by atomic mass is 79.9. The van der Waals surface area contributed by atoms with Crippen LogP contribution in [0.1, 0.15) is 118 Å². The van der Waals surface area contributed by atoms with Gasteiger partial charge in [0.1, 0.15) is 0 Å². The van der Waals surface area contributed by atoms with Crippen LogP contribution in [0.25, 0.3) is 11.1 Å². The van der Waals surface area contributed by atoms with Crippen LogP contribution in [0.5, 0.6) is 0 Å². The lowest BCUT2D eigenvalue weighted by Gasteiger charge is -2.31. The van der Waals surface area contributed by atoms with E-state index in [1.807, 2.05) is 41.5 Å². The van der Waals surface area contributed by atoms with Gasteiger partial charge in [-0.2, -0.15) is 0 Å². The average molecular weight is 554 g/mol. The summed E-state index contributed by atoms with van der Waals surface area (Å²) < 4.78 is 2.39. The molecule has 0 aliphatic heterocycles. The van der Waals surface area contributed by atoms with E-state index in [1.165, 1.54) is 76.1 Å². The summed E-state index contributed by atoms with van der Waals surface area (Å²) in [6.45, 7) is 16.6. The molecular weight excluding hydrogens is 508 g/mol. The van der Waals surface area contributed by atoms with Crippen molar-refractivity contribution in [2.75, 3.05) is 0 Å². The van der Waals surface area contributed by atoms with Crippen LogP contribution in [-0.4, -0.2) is 0 Å². The lowest BCUT2D eigenvalue weighted by atomic mass is 9.72. The fraction of sp³-hybridized carbons (Fsp3) is 0.586. The van der Waals surface area contributed by atoms with E-state index < -0.39 is 0 Å². The molecule has 1 aliphatic rings. The van der Waals surface area contributed by atoms with E-state index in [-0.39, 0.29) is 5.41 Å². The summed E-state index contributed by atoms with van der Waals surface area (Å²) >= 11 is 7.41. The van der Waals surface area contributed by atoms with Gasteiger partial charge in [0, 0.05) is 14.4 Å². The summed E-state index contributed by atoms with van der Waals surface area (Å²) in [6.07, 6.45) is 10.6. The number of hydrogen-bond acceptors (Lipinski definition) is 0. The van der Waals surface area contributed by atoms with Crippen LogP contribution >= 0.6 is 31.9 Å². The first kappa shape index (κ1) is 30.4. The van der Waals surface area contributed by atoms with E-state index in [2.05, 4.69) is 82.1 Å². The van der Waals surface area contributed by atoms with Gasteiger partial charge in [0.25, 0.3) is 0 Å². The number of fused-ring (bicyclic) bond motifs is 3. The van der Waals surface area contributed by atoms with Crippen molar-refractivity contribution >= 4 is 31.9 Å². The van der Waals surface area contributed by atoms with Gasteiger partial charge >= 0.3 is 0 Å². The first-order chi connectivity index (χ1) is 15.1. The van der Waals surface area contributed by atoms with Gasteiger partial charge in [0.15, 0.2) is 0 Å². The number of benzene rings is 2. The van der Waals surface area contributed by atoms with Crippen molar-refractivity contribution in [3.63, 3.8) is 0 Å². The monoisotopic (exact) mass is 552 g/mol. The molecule has 2 aromatic rings. The first-order valence-corrected chi connectivity index (χ1v) is 14.3. The molecule has 0 radical (unpaired) electrons. The maximum absolute atomic E-state index is 3.71. The van der Waals surface area contributed by atoms with Crippen LogP contribution < -0.4 is 0 Å². The molecule has 0 fully saturated rings. The molecule has 176 valence electrons. The Morgan fingerprint density at radius 3 is 1.45 bits per heavy atom.